The summed E-state index contributed by atoms with van der Waals surface area (Å²) >= 11 is 0. The summed E-state index contributed by atoms with van der Waals surface area (Å²) < 4.78 is 9.63. The van der Waals surface area contributed by atoms with Crippen molar-refractivity contribution in [2.75, 3.05) is 13.2 Å². The van der Waals surface area contributed by atoms with E-state index in [-0.39, 0.29) is 6.04 Å². The van der Waals surface area contributed by atoms with Gasteiger partial charge in [-0.3, -0.25) is 0 Å². The zero-order chi connectivity index (χ0) is 9.68. The second-order valence-electron chi connectivity index (χ2n) is 2.87. The van der Waals surface area contributed by atoms with Crippen LogP contribution in [-0.2, 0) is 9.47 Å². The lowest BCUT2D eigenvalue weighted by Crippen LogP contribution is -2.47. The van der Waals surface area contributed by atoms with E-state index in [1.165, 1.54) is 0 Å². The molecule has 0 aromatic carbocycles. The lowest BCUT2D eigenvalue weighted by Gasteiger charge is -2.27. The van der Waals surface area contributed by atoms with Crippen LogP contribution in [0.1, 0.15) is 19.8 Å². The lowest BCUT2D eigenvalue weighted by molar-refractivity contribution is -0.140. The molecule has 1 fully saturated rings. The molecule has 0 aromatic heterocycles. The molecule has 2 unspecified atom stereocenters. The Morgan fingerprint density at radius 2 is 2.54 bits per heavy atom. The zero-order valence-corrected chi connectivity index (χ0v) is 7.66. The maximum absolute atomic E-state index is 11.0. The number of aliphatic hydroxyl groups is 1. The lowest BCUT2D eigenvalue weighted by atomic mass is 10.1. The predicted molar refractivity (Wildman–Crippen MR) is 45.1 cm³/mol. The van der Waals surface area contributed by atoms with Gasteiger partial charge in [0.2, 0.25) is 0 Å². The van der Waals surface area contributed by atoms with Gasteiger partial charge in [0.1, 0.15) is 0 Å². The minimum Gasteiger partial charge on any atom is -0.450 e. The fraction of sp³-hybridized carbons (Fsp3) is 0.875. The van der Waals surface area contributed by atoms with Crippen LogP contribution in [-0.4, -0.2) is 36.7 Å². The standard InChI is InChI=1S/C8H15NO4/c1-2-12-8(11)9-6-4-3-5-13-7(6)10/h6-7,10H,2-5H2,1H3,(H,9,11). The van der Waals surface area contributed by atoms with Gasteiger partial charge in [0.25, 0.3) is 0 Å². The fourth-order valence-corrected chi connectivity index (χ4v) is 1.23. The van der Waals surface area contributed by atoms with E-state index in [1.54, 1.807) is 6.92 Å². The Morgan fingerprint density at radius 3 is 3.15 bits per heavy atom. The molecule has 76 valence electrons. The Bertz CT molecular complexity index is 174. The summed E-state index contributed by atoms with van der Waals surface area (Å²) in [6.45, 7) is 2.60. The molecule has 1 heterocycles. The van der Waals surface area contributed by atoms with E-state index < -0.39 is 12.4 Å². The molecule has 1 rings (SSSR count). The number of ether oxygens (including phenoxy) is 2. The molecule has 1 saturated heterocycles. The van der Waals surface area contributed by atoms with Crippen molar-refractivity contribution in [1.82, 2.24) is 5.32 Å². The predicted octanol–water partition coefficient (Wildman–Crippen LogP) is 0.230. The molecule has 1 aliphatic heterocycles. The molecular weight excluding hydrogens is 174 g/mol. The first kappa shape index (κ1) is 10.3. The Kier molecular flexibility index (Phi) is 3.98. The first-order chi connectivity index (χ1) is 6.24. The number of nitrogens with one attached hydrogen (secondary N) is 1. The number of alkyl carbamates (subject to hydrolysis) is 1. The summed E-state index contributed by atoms with van der Waals surface area (Å²) in [4.78, 5) is 11.0. The van der Waals surface area contributed by atoms with E-state index in [0.717, 1.165) is 12.8 Å². The summed E-state index contributed by atoms with van der Waals surface area (Å²) in [5, 5.41) is 11.8. The fourth-order valence-electron chi connectivity index (χ4n) is 1.23. The summed E-state index contributed by atoms with van der Waals surface area (Å²) in [7, 11) is 0. The van der Waals surface area contributed by atoms with Crippen molar-refractivity contribution in [1.29, 1.82) is 0 Å². The van der Waals surface area contributed by atoms with Crippen LogP contribution in [0.2, 0.25) is 0 Å². The normalized spacial score (nSPS) is 28.2. The minimum absolute atomic E-state index is 0.329. The van der Waals surface area contributed by atoms with Crippen LogP contribution in [0.15, 0.2) is 0 Å². The third-order valence-electron chi connectivity index (χ3n) is 1.87. The van der Waals surface area contributed by atoms with E-state index in [1.807, 2.05) is 0 Å². The second kappa shape index (κ2) is 5.04. The number of amides is 1. The molecule has 5 heteroatoms. The zero-order valence-electron chi connectivity index (χ0n) is 7.66. The van der Waals surface area contributed by atoms with Crippen molar-refractivity contribution in [3.05, 3.63) is 0 Å². The van der Waals surface area contributed by atoms with E-state index in [2.05, 4.69) is 10.1 Å². The SMILES string of the molecule is CCOC(=O)NC1CCCOC1O. The van der Waals surface area contributed by atoms with Gasteiger partial charge in [0.05, 0.1) is 12.6 Å². The van der Waals surface area contributed by atoms with Crippen LogP contribution in [0.5, 0.6) is 0 Å². The van der Waals surface area contributed by atoms with E-state index in [0.29, 0.717) is 13.2 Å². The van der Waals surface area contributed by atoms with Gasteiger partial charge >= 0.3 is 6.09 Å². The van der Waals surface area contributed by atoms with Gasteiger partial charge in [-0.1, -0.05) is 0 Å². The maximum atomic E-state index is 11.0. The average molecular weight is 189 g/mol. The van der Waals surface area contributed by atoms with Crippen molar-refractivity contribution in [3.63, 3.8) is 0 Å². The van der Waals surface area contributed by atoms with Crippen LogP contribution in [0.4, 0.5) is 4.79 Å². The van der Waals surface area contributed by atoms with Gasteiger partial charge in [-0.2, -0.15) is 0 Å². The van der Waals surface area contributed by atoms with Crippen LogP contribution in [0, 0.1) is 0 Å². The molecule has 0 aliphatic carbocycles. The molecule has 2 atom stereocenters. The number of hydrogen-bond donors (Lipinski definition) is 2. The molecule has 0 radical (unpaired) electrons. The number of carbonyl (C=O) groups is 1. The van der Waals surface area contributed by atoms with Gasteiger partial charge in [-0.25, -0.2) is 4.79 Å². The van der Waals surface area contributed by atoms with Gasteiger partial charge in [-0.05, 0) is 19.8 Å². The highest BCUT2D eigenvalue weighted by Gasteiger charge is 2.25. The highest BCUT2D eigenvalue weighted by atomic mass is 16.6. The second-order valence-corrected chi connectivity index (χ2v) is 2.87. The highest BCUT2D eigenvalue weighted by molar-refractivity contribution is 5.67. The van der Waals surface area contributed by atoms with E-state index in [4.69, 9.17) is 4.74 Å². The topological polar surface area (TPSA) is 67.8 Å². The molecular formula is C8H15NO4. The summed E-state index contributed by atoms with van der Waals surface area (Å²) in [6.07, 6.45) is 0.156. The number of carbonyl (C=O) groups excluding carboxylic acids is 1. The molecule has 5 nitrogen and oxygen atoms in total. The van der Waals surface area contributed by atoms with Crippen molar-refractivity contribution >= 4 is 6.09 Å². The van der Waals surface area contributed by atoms with E-state index in [9.17, 15) is 9.90 Å². The third kappa shape index (κ3) is 3.20. The number of aliphatic hydroxyl groups excluding tert-OH is 1. The molecule has 13 heavy (non-hydrogen) atoms. The molecule has 1 aliphatic rings. The molecule has 0 aromatic rings. The first-order valence-electron chi connectivity index (χ1n) is 4.47. The van der Waals surface area contributed by atoms with Crippen LogP contribution in [0.3, 0.4) is 0 Å². The third-order valence-corrected chi connectivity index (χ3v) is 1.87. The first-order valence-corrected chi connectivity index (χ1v) is 4.47. The van der Waals surface area contributed by atoms with Gasteiger partial charge in [0.15, 0.2) is 6.29 Å². The van der Waals surface area contributed by atoms with Crippen LogP contribution >= 0.6 is 0 Å². The van der Waals surface area contributed by atoms with Crippen LogP contribution < -0.4 is 5.32 Å². The van der Waals surface area contributed by atoms with Gasteiger partial charge in [0, 0.05) is 6.61 Å². The monoisotopic (exact) mass is 189 g/mol. The summed E-state index contributed by atoms with van der Waals surface area (Å²) in [5.74, 6) is 0. The average Bonchev–Trinajstić information content (AvgIpc) is 2.09. The van der Waals surface area contributed by atoms with Crippen LogP contribution in [0.25, 0.3) is 0 Å². The van der Waals surface area contributed by atoms with Crippen molar-refractivity contribution in [3.8, 4) is 0 Å². The Morgan fingerprint density at radius 1 is 1.77 bits per heavy atom. The van der Waals surface area contributed by atoms with Crippen molar-refractivity contribution in [2.24, 2.45) is 0 Å². The summed E-state index contributed by atoms with van der Waals surface area (Å²) in [5.41, 5.74) is 0. The Hall–Kier alpha value is -0.810. The van der Waals surface area contributed by atoms with Gasteiger partial charge < -0.3 is 19.9 Å². The number of rotatable bonds is 2. The van der Waals surface area contributed by atoms with Gasteiger partial charge in [-0.15, -0.1) is 0 Å². The smallest absolute Gasteiger partial charge is 0.407 e. The molecule has 1 amide bonds. The van der Waals surface area contributed by atoms with Crippen molar-refractivity contribution < 1.29 is 19.4 Å². The Balaban J connectivity index is 2.29. The minimum atomic E-state index is -0.904. The molecule has 0 bridgehead atoms. The highest BCUT2D eigenvalue weighted by Crippen LogP contribution is 2.11. The largest absolute Gasteiger partial charge is 0.450 e. The Labute approximate surface area is 77.0 Å². The van der Waals surface area contributed by atoms with Crippen molar-refractivity contribution in [2.45, 2.75) is 32.1 Å². The molecule has 0 spiro atoms. The quantitative estimate of drug-likeness (QED) is 0.652. The summed E-state index contributed by atoms with van der Waals surface area (Å²) in [6, 6.07) is -0.340. The molecule has 2 N–H and O–H groups in total. The van der Waals surface area contributed by atoms with E-state index >= 15 is 0 Å². The molecule has 0 saturated carbocycles. The number of hydrogen-bond acceptors (Lipinski definition) is 4. The maximum Gasteiger partial charge on any atom is 0.407 e.